The summed E-state index contributed by atoms with van der Waals surface area (Å²) < 4.78 is 0. The Balaban J connectivity index is 1.98. The number of aliphatic hydroxyl groups is 3. The minimum atomic E-state index is -1.71. The smallest absolute Gasteiger partial charge is 0.311 e. The van der Waals surface area contributed by atoms with Gasteiger partial charge in [-0.2, -0.15) is 0 Å². The van der Waals surface area contributed by atoms with Crippen LogP contribution in [0.25, 0.3) is 10.4 Å². The molecule has 30 heavy (non-hydrogen) atoms. The fourth-order valence-electron chi connectivity index (χ4n) is 4.13. The third-order valence-electron chi connectivity index (χ3n) is 5.69. The van der Waals surface area contributed by atoms with E-state index in [2.05, 4.69) is 15.9 Å². The zero-order chi connectivity index (χ0) is 22.4. The van der Waals surface area contributed by atoms with Crippen molar-refractivity contribution < 1.29 is 34.8 Å². The van der Waals surface area contributed by atoms with Crippen LogP contribution in [0.5, 0.6) is 0 Å². The molecule has 1 aliphatic heterocycles. The lowest BCUT2D eigenvalue weighted by Crippen LogP contribution is -2.53. The number of terminal acetylenes is 1. The minimum absolute atomic E-state index is 0.0314. The number of likely N-dealkylation sites (tertiary alicyclic amines) is 1. The average molecular weight is 422 g/mol. The highest BCUT2D eigenvalue weighted by atomic mass is 16.4. The number of amides is 1. The van der Waals surface area contributed by atoms with Gasteiger partial charge in [0.1, 0.15) is 23.9 Å². The molecule has 11 heteroatoms. The SMILES string of the molecule is C#CCC(CC(=O)CCCCCN=[N+]=[N-])C(=O)N1C2C1[C@H](C(=O)O)[C@@H](O)[C@H](O)[C@H]2O. The Kier molecular flexibility index (Phi) is 8.20. The van der Waals surface area contributed by atoms with Crippen molar-refractivity contribution in [2.45, 2.75) is 68.9 Å². The fraction of sp³-hybridized carbons (Fsp3) is 0.737. The van der Waals surface area contributed by atoms with E-state index in [0.717, 1.165) is 4.90 Å². The van der Waals surface area contributed by atoms with Crippen LogP contribution >= 0.6 is 0 Å². The van der Waals surface area contributed by atoms with Crippen LogP contribution < -0.4 is 0 Å². The number of ketones is 1. The Labute approximate surface area is 173 Å². The molecule has 1 saturated carbocycles. The predicted molar refractivity (Wildman–Crippen MR) is 103 cm³/mol. The summed E-state index contributed by atoms with van der Waals surface area (Å²) in [5, 5.41) is 42.8. The van der Waals surface area contributed by atoms with Gasteiger partial charge < -0.3 is 25.3 Å². The highest BCUT2D eigenvalue weighted by Crippen LogP contribution is 2.46. The summed E-state index contributed by atoms with van der Waals surface area (Å²) in [5.41, 5.74) is 8.21. The van der Waals surface area contributed by atoms with Crippen molar-refractivity contribution in [3.05, 3.63) is 10.4 Å². The Morgan fingerprint density at radius 1 is 1.10 bits per heavy atom. The number of rotatable bonds is 11. The number of hydrogen-bond donors (Lipinski definition) is 4. The summed E-state index contributed by atoms with van der Waals surface area (Å²) in [6.45, 7) is 0.353. The third-order valence-corrected chi connectivity index (χ3v) is 5.69. The van der Waals surface area contributed by atoms with Gasteiger partial charge in [0, 0.05) is 30.7 Å². The molecule has 11 nitrogen and oxygen atoms in total. The van der Waals surface area contributed by atoms with Gasteiger partial charge in [-0.15, -0.1) is 12.3 Å². The molecule has 1 aliphatic carbocycles. The summed E-state index contributed by atoms with van der Waals surface area (Å²) in [6, 6.07) is -1.90. The summed E-state index contributed by atoms with van der Waals surface area (Å²) in [7, 11) is 0. The van der Waals surface area contributed by atoms with E-state index in [1.54, 1.807) is 0 Å². The van der Waals surface area contributed by atoms with Gasteiger partial charge in [0.2, 0.25) is 5.91 Å². The number of unbranched alkanes of at least 4 members (excludes halogenated alkanes) is 2. The highest BCUT2D eigenvalue weighted by molar-refractivity contribution is 5.90. The zero-order valence-electron chi connectivity index (χ0n) is 16.4. The Morgan fingerprint density at radius 2 is 1.80 bits per heavy atom. The second-order valence-corrected chi connectivity index (χ2v) is 7.68. The number of aliphatic hydroxyl groups excluding tert-OH is 3. The van der Waals surface area contributed by atoms with Gasteiger partial charge in [0.05, 0.1) is 24.1 Å². The molecule has 0 aromatic rings. The van der Waals surface area contributed by atoms with Crippen LogP contribution in [0.2, 0.25) is 0 Å². The number of nitrogens with zero attached hydrogens (tertiary/aromatic N) is 4. The van der Waals surface area contributed by atoms with Crippen molar-refractivity contribution in [2.75, 3.05) is 6.54 Å². The second-order valence-electron chi connectivity index (χ2n) is 7.68. The van der Waals surface area contributed by atoms with Crippen molar-refractivity contribution >= 4 is 17.7 Å². The van der Waals surface area contributed by atoms with Gasteiger partial charge in [-0.05, 0) is 18.4 Å². The van der Waals surface area contributed by atoms with Crippen LogP contribution in [0.15, 0.2) is 5.11 Å². The van der Waals surface area contributed by atoms with Crippen LogP contribution in [-0.4, -0.2) is 79.9 Å². The lowest BCUT2D eigenvalue weighted by atomic mass is 9.83. The first kappa shape index (κ1) is 23.6. The normalized spacial score (nSPS) is 30.4. The summed E-state index contributed by atoms with van der Waals surface area (Å²) in [4.78, 5) is 40.5. The van der Waals surface area contributed by atoms with Crippen LogP contribution in [0.4, 0.5) is 0 Å². The van der Waals surface area contributed by atoms with Crippen molar-refractivity contribution in [1.82, 2.24) is 4.90 Å². The van der Waals surface area contributed by atoms with E-state index >= 15 is 0 Å². The lowest BCUT2D eigenvalue weighted by Gasteiger charge is -2.30. The number of fused-ring (bicyclic) bond motifs is 1. The topological polar surface area (TPSA) is 184 Å². The number of azide groups is 1. The first-order valence-corrected chi connectivity index (χ1v) is 9.81. The van der Waals surface area contributed by atoms with E-state index in [1.165, 1.54) is 0 Å². The van der Waals surface area contributed by atoms with Crippen molar-refractivity contribution in [3.8, 4) is 12.3 Å². The van der Waals surface area contributed by atoms with Crippen molar-refractivity contribution in [3.63, 3.8) is 0 Å². The van der Waals surface area contributed by atoms with Gasteiger partial charge in [-0.3, -0.25) is 14.4 Å². The van der Waals surface area contributed by atoms with Crippen molar-refractivity contribution in [1.29, 1.82) is 0 Å². The van der Waals surface area contributed by atoms with Crippen LogP contribution in [0, 0.1) is 24.2 Å². The third kappa shape index (κ3) is 5.09. The average Bonchev–Trinajstić information content (AvgIpc) is 3.42. The van der Waals surface area contributed by atoms with Gasteiger partial charge >= 0.3 is 5.97 Å². The molecule has 1 amide bonds. The molecule has 1 saturated heterocycles. The van der Waals surface area contributed by atoms with E-state index in [9.17, 15) is 34.8 Å². The number of carbonyl (C=O) groups excluding carboxylic acids is 2. The first-order valence-electron chi connectivity index (χ1n) is 9.81. The van der Waals surface area contributed by atoms with Gasteiger partial charge in [-0.25, -0.2) is 0 Å². The molecule has 3 unspecified atom stereocenters. The van der Waals surface area contributed by atoms with E-state index in [1.807, 2.05) is 0 Å². The number of carboxylic acid groups (broad SMARTS) is 1. The molecular formula is C19H26N4O7. The number of carbonyl (C=O) groups is 3. The van der Waals surface area contributed by atoms with E-state index in [-0.39, 0.29) is 25.0 Å². The summed E-state index contributed by atoms with van der Waals surface area (Å²) in [5.74, 6) is -2.08. The quantitative estimate of drug-likeness (QED) is 0.0889. The minimum Gasteiger partial charge on any atom is -0.481 e. The molecule has 0 aromatic heterocycles. The van der Waals surface area contributed by atoms with E-state index in [0.29, 0.717) is 25.8 Å². The molecule has 2 aliphatic rings. The van der Waals surface area contributed by atoms with Crippen LogP contribution in [0.1, 0.15) is 38.5 Å². The Bertz CT molecular complexity index is 760. The molecule has 4 N–H and O–H groups in total. The maximum absolute atomic E-state index is 12.9. The number of carboxylic acids is 1. The van der Waals surface area contributed by atoms with E-state index in [4.69, 9.17) is 12.0 Å². The predicted octanol–water partition coefficient (Wildman–Crippen LogP) is -0.168. The molecule has 0 aromatic carbocycles. The molecule has 1 heterocycles. The van der Waals surface area contributed by atoms with E-state index < -0.39 is 54.1 Å². The molecule has 164 valence electrons. The second kappa shape index (κ2) is 10.4. The molecule has 7 atom stereocenters. The maximum Gasteiger partial charge on any atom is 0.311 e. The first-order chi connectivity index (χ1) is 14.3. The zero-order valence-corrected chi connectivity index (χ0v) is 16.4. The molecule has 0 bridgehead atoms. The van der Waals surface area contributed by atoms with Crippen molar-refractivity contribution in [2.24, 2.45) is 17.0 Å². The molecule has 0 radical (unpaired) electrons. The highest BCUT2D eigenvalue weighted by Gasteiger charge is 2.68. The number of hydrogen-bond acceptors (Lipinski definition) is 7. The van der Waals surface area contributed by atoms with Crippen LogP contribution in [0.3, 0.4) is 0 Å². The monoisotopic (exact) mass is 422 g/mol. The lowest BCUT2D eigenvalue weighted by molar-refractivity contribution is -0.156. The Morgan fingerprint density at radius 3 is 2.40 bits per heavy atom. The van der Waals surface area contributed by atoms with Gasteiger partial charge in [-0.1, -0.05) is 11.5 Å². The largest absolute Gasteiger partial charge is 0.481 e. The molecular weight excluding hydrogens is 396 g/mol. The maximum atomic E-state index is 12.9. The standard InChI is InChI=1S/C19H26N4O7/c1-2-6-10(9-11(24)7-4-3-5-8-21-22-20)18(28)23-13-12(19(29)30)15(25)17(27)16(26)14(13)23/h1,10,12-17,25-27H,3-9H2,(H,29,30)/t10?,12-,13?,14?,15+,16-,17-,23?/m0/s1. The summed E-state index contributed by atoms with van der Waals surface area (Å²) in [6.07, 6.45) is 2.44. The molecule has 2 fully saturated rings. The van der Waals surface area contributed by atoms with Gasteiger partial charge in [0.25, 0.3) is 0 Å². The number of aliphatic carboxylic acids is 1. The molecule has 0 spiro atoms. The molecule has 2 rings (SSSR count). The summed E-state index contributed by atoms with van der Waals surface area (Å²) >= 11 is 0. The van der Waals surface area contributed by atoms with Crippen LogP contribution in [-0.2, 0) is 14.4 Å². The fourth-order valence-corrected chi connectivity index (χ4v) is 4.13. The Hall–Kier alpha value is -2.64. The van der Waals surface area contributed by atoms with Gasteiger partial charge in [0.15, 0.2) is 0 Å². The number of Topliss-reactive ketones (excluding diaryl/α,β-unsaturated/α-hetero) is 1.